The normalized spacial score (nSPS) is 10.7. The Bertz CT molecular complexity index is 742. The van der Waals surface area contributed by atoms with Crippen molar-refractivity contribution in [2.45, 2.75) is 52.4 Å². The van der Waals surface area contributed by atoms with E-state index in [4.69, 9.17) is 9.47 Å². The molecule has 0 unspecified atom stereocenters. The topological polar surface area (TPSA) is 35.5 Å². The van der Waals surface area contributed by atoms with Crippen LogP contribution < -0.4 is 9.47 Å². The summed E-state index contributed by atoms with van der Waals surface area (Å²) in [5.41, 5.74) is -0.294. The third-order valence-corrected chi connectivity index (χ3v) is 4.30. The lowest BCUT2D eigenvalue weighted by Crippen LogP contribution is -2.12. The van der Waals surface area contributed by atoms with Crippen molar-refractivity contribution in [3.8, 4) is 11.5 Å². The highest BCUT2D eigenvalue weighted by Gasteiger charge is 2.19. The highest BCUT2D eigenvalue weighted by atomic mass is 19.2. The van der Waals surface area contributed by atoms with E-state index in [0.29, 0.717) is 12.4 Å². The summed E-state index contributed by atoms with van der Waals surface area (Å²) in [4.78, 5) is 12.0. The van der Waals surface area contributed by atoms with Gasteiger partial charge in [0.1, 0.15) is 11.5 Å². The first kappa shape index (κ1) is 20.9. The summed E-state index contributed by atoms with van der Waals surface area (Å²) in [6, 6.07) is 9.06. The number of hydrogen-bond donors (Lipinski definition) is 0. The Hall–Kier alpha value is -2.43. The highest BCUT2D eigenvalue weighted by molar-refractivity contribution is 5.91. The Morgan fingerprint density at radius 2 is 1.48 bits per heavy atom. The summed E-state index contributed by atoms with van der Waals surface area (Å²) in [7, 11) is 0. The lowest BCUT2D eigenvalue weighted by atomic mass is 10.1. The van der Waals surface area contributed by atoms with Crippen LogP contribution in [-0.2, 0) is 0 Å². The van der Waals surface area contributed by atoms with Crippen LogP contribution in [0.2, 0.25) is 0 Å². The second-order valence-electron chi connectivity index (χ2n) is 6.54. The van der Waals surface area contributed by atoms with Crippen molar-refractivity contribution in [2.24, 2.45) is 0 Å². The Balaban J connectivity index is 1.81. The van der Waals surface area contributed by atoms with Crippen LogP contribution in [0.1, 0.15) is 61.4 Å². The largest absolute Gasteiger partial charge is 0.494 e. The minimum absolute atomic E-state index is 0.135. The zero-order chi connectivity index (χ0) is 19.6. The molecule has 2 aromatic carbocycles. The van der Waals surface area contributed by atoms with E-state index in [-0.39, 0.29) is 11.3 Å². The van der Waals surface area contributed by atoms with Crippen molar-refractivity contribution >= 4 is 5.97 Å². The molecule has 2 rings (SSSR count). The van der Waals surface area contributed by atoms with E-state index < -0.39 is 23.2 Å². The molecule has 0 spiro atoms. The minimum atomic E-state index is -1.20. The number of rotatable bonds is 10. The number of ether oxygens (including phenoxy) is 2. The molecule has 0 amide bonds. The maximum atomic E-state index is 13.9. The standard InChI is InChI=1S/C22H26F2O3/c1-3-4-5-6-7-8-15-26-17-10-12-18(13-11-17)27-22(25)19-14-9-16(2)20(23)21(19)24/h9-14H,3-8,15H2,1-2H3. The number of benzene rings is 2. The Morgan fingerprint density at radius 3 is 2.19 bits per heavy atom. The summed E-state index contributed by atoms with van der Waals surface area (Å²) in [5.74, 6) is -2.25. The zero-order valence-corrected chi connectivity index (χ0v) is 15.9. The van der Waals surface area contributed by atoms with Crippen LogP contribution in [0.3, 0.4) is 0 Å². The molecular formula is C22H26F2O3. The van der Waals surface area contributed by atoms with Gasteiger partial charge < -0.3 is 9.47 Å². The number of aryl methyl sites for hydroxylation is 1. The van der Waals surface area contributed by atoms with Gasteiger partial charge in [-0.3, -0.25) is 0 Å². The van der Waals surface area contributed by atoms with Crippen LogP contribution in [0.25, 0.3) is 0 Å². The van der Waals surface area contributed by atoms with Gasteiger partial charge in [-0.15, -0.1) is 0 Å². The van der Waals surface area contributed by atoms with Crippen molar-refractivity contribution in [2.75, 3.05) is 6.61 Å². The fourth-order valence-electron chi connectivity index (χ4n) is 2.64. The van der Waals surface area contributed by atoms with Crippen LogP contribution in [0, 0.1) is 18.6 Å². The van der Waals surface area contributed by atoms with Gasteiger partial charge in [0, 0.05) is 0 Å². The third-order valence-electron chi connectivity index (χ3n) is 4.30. The van der Waals surface area contributed by atoms with E-state index in [2.05, 4.69) is 6.92 Å². The smallest absolute Gasteiger partial charge is 0.346 e. The molecule has 0 atom stereocenters. The first-order valence-corrected chi connectivity index (χ1v) is 9.42. The third kappa shape index (κ3) is 6.35. The van der Waals surface area contributed by atoms with Crippen LogP contribution in [0.5, 0.6) is 11.5 Å². The van der Waals surface area contributed by atoms with E-state index in [1.165, 1.54) is 44.7 Å². The summed E-state index contributed by atoms with van der Waals surface area (Å²) < 4.78 is 38.2. The van der Waals surface area contributed by atoms with Gasteiger partial charge in [-0.2, -0.15) is 0 Å². The first-order valence-electron chi connectivity index (χ1n) is 9.42. The van der Waals surface area contributed by atoms with Crippen molar-refractivity contribution in [3.05, 3.63) is 59.2 Å². The molecule has 0 N–H and O–H groups in total. The molecule has 0 aliphatic carbocycles. The van der Waals surface area contributed by atoms with Gasteiger partial charge >= 0.3 is 5.97 Å². The van der Waals surface area contributed by atoms with Crippen molar-refractivity contribution in [3.63, 3.8) is 0 Å². The molecule has 0 aliphatic heterocycles. The van der Waals surface area contributed by atoms with Gasteiger partial charge in [-0.1, -0.05) is 45.1 Å². The van der Waals surface area contributed by atoms with Crippen molar-refractivity contribution in [1.29, 1.82) is 0 Å². The fourth-order valence-corrected chi connectivity index (χ4v) is 2.64. The average Bonchev–Trinajstić information content (AvgIpc) is 2.66. The quantitative estimate of drug-likeness (QED) is 0.280. The molecule has 0 saturated carbocycles. The van der Waals surface area contributed by atoms with Gasteiger partial charge in [0.05, 0.1) is 12.2 Å². The van der Waals surface area contributed by atoms with Gasteiger partial charge in [-0.25, -0.2) is 13.6 Å². The predicted octanol–water partition coefficient (Wildman–Crippen LogP) is 6.23. The molecule has 0 aromatic heterocycles. The molecule has 27 heavy (non-hydrogen) atoms. The van der Waals surface area contributed by atoms with Crippen LogP contribution in [0.15, 0.2) is 36.4 Å². The molecule has 3 nitrogen and oxygen atoms in total. The maximum absolute atomic E-state index is 13.9. The molecular weight excluding hydrogens is 350 g/mol. The SMILES string of the molecule is CCCCCCCCOc1ccc(OC(=O)c2ccc(C)c(F)c2F)cc1. The monoisotopic (exact) mass is 376 g/mol. The van der Waals surface area contributed by atoms with E-state index in [1.54, 1.807) is 24.3 Å². The molecule has 0 fully saturated rings. The maximum Gasteiger partial charge on any atom is 0.346 e. The number of hydrogen-bond acceptors (Lipinski definition) is 3. The van der Waals surface area contributed by atoms with Gasteiger partial charge in [-0.05, 0) is 49.2 Å². The zero-order valence-electron chi connectivity index (χ0n) is 15.9. The average molecular weight is 376 g/mol. The highest BCUT2D eigenvalue weighted by Crippen LogP contribution is 2.21. The summed E-state index contributed by atoms with van der Waals surface area (Å²) in [6.07, 6.45) is 7.15. The molecule has 0 saturated heterocycles. The van der Waals surface area contributed by atoms with Gasteiger partial charge in [0.15, 0.2) is 11.6 Å². The van der Waals surface area contributed by atoms with E-state index >= 15 is 0 Å². The minimum Gasteiger partial charge on any atom is -0.494 e. The lowest BCUT2D eigenvalue weighted by Gasteiger charge is -2.09. The molecule has 2 aromatic rings. The Kier molecular flexibility index (Phi) is 8.24. The second-order valence-corrected chi connectivity index (χ2v) is 6.54. The van der Waals surface area contributed by atoms with Crippen LogP contribution in [-0.4, -0.2) is 12.6 Å². The van der Waals surface area contributed by atoms with E-state index in [9.17, 15) is 13.6 Å². The number of unbranched alkanes of at least 4 members (excludes halogenated alkanes) is 5. The molecule has 5 heteroatoms. The molecule has 0 aliphatic rings. The number of carbonyl (C=O) groups excluding carboxylic acids is 1. The summed E-state index contributed by atoms with van der Waals surface area (Å²) in [5, 5.41) is 0. The number of esters is 1. The van der Waals surface area contributed by atoms with Crippen LogP contribution in [0.4, 0.5) is 8.78 Å². The van der Waals surface area contributed by atoms with Gasteiger partial charge in [0.25, 0.3) is 0 Å². The first-order chi connectivity index (χ1) is 13.0. The molecule has 0 bridgehead atoms. The second kappa shape index (κ2) is 10.7. The Morgan fingerprint density at radius 1 is 0.852 bits per heavy atom. The van der Waals surface area contributed by atoms with Crippen molar-refractivity contribution in [1.82, 2.24) is 0 Å². The number of halogens is 2. The van der Waals surface area contributed by atoms with E-state index in [1.807, 2.05) is 0 Å². The Labute approximate surface area is 159 Å². The lowest BCUT2D eigenvalue weighted by molar-refractivity contribution is 0.0728. The number of carbonyl (C=O) groups is 1. The van der Waals surface area contributed by atoms with Crippen molar-refractivity contribution < 1.29 is 23.0 Å². The molecule has 0 radical (unpaired) electrons. The summed E-state index contributed by atoms with van der Waals surface area (Å²) in [6.45, 7) is 4.26. The fraction of sp³-hybridized carbons (Fsp3) is 0.409. The molecule has 0 heterocycles. The van der Waals surface area contributed by atoms with E-state index in [0.717, 1.165) is 12.8 Å². The van der Waals surface area contributed by atoms with Crippen LogP contribution >= 0.6 is 0 Å². The molecule has 146 valence electrons. The summed E-state index contributed by atoms with van der Waals surface area (Å²) >= 11 is 0. The van der Waals surface area contributed by atoms with Gasteiger partial charge in [0.2, 0.25) is 0 Å². The predicted molar refractivity (Wildman–Crippen MR) is 101 cm³/mol.